The maximum Gasteiger partial charge on any atom is 0.123 e. The molecule has 0 aliphatic carbocycles. The molecule has 0 radical (unpaired) electrons. The summed E-state index contributed by atoms with van der Waals surface area (Å²) in [4.78, 5) is 13.5. The minimum absolute atomic E-state index is 0.319. The summed E-state index contributed by atoms with van der Waals surface area (Å²) < 4.78 is 0. The first-order valence-corrected chi connectivity index (χ1v) is 6.62. The third-order valence-corrected chi connectivity index (χ3v) is 4.32. The maximum atomic E-state index is 10.9. The van der Waals surface area contributed by atoms with Crippen molar-refractivity contribution in [2.24, 2.45) is 5.92 Å². The molecular formula is C15H19NO. The van der Waals surface area contributed by atoms with Gasteiger partial charge in [0.2, 0.25) is 0 Å². The summed E-state index contributed by atoms with van der Waals surface area (Å²) in [5, 5.41) is 0. The third kappa shape index (κ3) is 2.14. The highest BCUT2D eigenvalue weighted by atomic mass is 16.1. The number of hydrogen-bond donors (Lipinski definition) is 0. The predicted molar refractivity (Wildman–Crippen MR) is 67.6 cm³/mol. The lowest BCUT2D eigenvalue weighted by molar-refractivity contribution is -0.113. The molecule has 2 fully saturated rings. The minimum atomic E-state index is 0.319. The summed E-state index contributed by atoms with van der Waals surface area (Å²) in [7, 11) is 0. The fraction of sp³-hybridized carbons (Fsp3) is 0.533. The molecule has 90 valence electrons. The Labute approximate surface area is 103 Å². The lowest BCUT2D eigenvalue weighted by Crippen LogP contribution is -2.42. The van der Waals surface area contributed by atoms with Crippen LogP contribution in [-0.4, -0.2) is 23.3 Å². The molecule has 0 N–H and O–H groups in total. The molecule has 2 bridgehead atoms. The lowest BCUT2D eigenvalue weighted by atomic mass is 9.91. The maximum absolute atomic E-state index is 10.9. The Morgan fingerprint density at radius 2 is 1.76 bits per heavy atom. The number of nitrogens with zero attached hydrogens (tertiary/aromatic N) is 1. The summed E-state index contributed by atoms with van der Waals surface area (Å²) in [5.74, 6) is 0.319. The van der Waals surface area contributed by atoms with Crippen LogP contribution in [0, 0.1) is 5.92 Å². The van der Waals surface area contributed by atoms with E-state index in [2.05, 4.69) is 35.2 Å². The normalized spacial score (nSPS) is 32.6. The second-order valence-electron chi connectivity index (χ2n) is 5.41. The molecule has 3 rings (SSSR count). The molecule has 17 heavy (non-hydrogen) atoms. The van der Waals surface area contributed by atoms with E-state index in [9.17, 15) is 4.79 Å². The van der Waals surface area contributed by atoms with Crippen molar-refractivity contribution in [1.29, 1.82) is 0 Å². The van der Waals surface area contributed by atoms with Gasteiger partial charge in [0.1, 0.15) is 6.29 Å². The van der Waals surface area contributed by atoms with Crippen molar-refractivity contribution in [3.05, 3.63) is 35.9 Å². The van der Waals surface area contributed by atoms with Gasteiger partial charge in [0.15, 0.2) is 0 Å². The molecule has 2 nitrogen and oxygen atoms in total. The number of carbonyl (C=O) groups is 1. The van der Waals surface area contributed by atoms with Gasteiger partial charge in [0.05, 0.1) is 0 Å². The fourth-order valence-electron chi connectivity index (χ4n) is 3.48. The van der Waals surface area contributed by atoms with E-state index >= 15 is 0 Å². The van der Waals surface area contributed by atoms with Crippen LogP contribution in [0.5, 0.6) is 0 Å². The summed E-state index contributed by atoms with van der Waals surface area (Å²) in [6, 6.07) is 12.0. The summed E-state index contributed by atoms with van der Waals surface area (Å²) in [5.41, 5.74) is 1.40. The van der Waals surface area contributed by atoms with Crippen LogP contribution in [0.15, 0.2) is 30.3 Å². The van der Waals surface area contributed by atoms with Crippen molar-refractivity contribution in [2.45, 2.75) is 44.3 Å². The summed E-state index contributed by atoms with van der Waals surface area (Å²) in [6.07, 6.45) is 5.88. The van der Waals surface area contributed by atoms with Crippen molar-refractivity contribution in [3.63, 3.8) is 0 Å². The first kappa shape index (κ1) is 11.0. The topological polar surface area (TPSA) is 20.3 Å². The Bertz CT molecular complexity index is 375. The second kappa shape index (κ2) is 4.61. The molecule has 1 aromatic rings. The van der Waals surface area contributed by atoms with E-state index in [1.165, 1.54) is 24.7 Å². The largest absolute Gasteiger partial charge is 0.303 e. The molecule has 0 aromatic heterocycles. The first-order chi connectivity index (χ1) is 8.36. The molecule has 0 amide bonds. The highest BCUT2D eigenvalue weighted by Crippen LogP contribution is 2.38. The summed E-state index contributed by atoms with van der Waals surface area (Å²) >= 11 is 0. The first-order valence-electron chi connectivity index (χ1n) is 6.62. The van der Waals surface area contributed by atoms with Crippen LogP contribution in [-0.2, 0) is 11.3 Å². The van der Waals surface area contributed by atoms with E-state index in [1.54, 1.807) is 0 Å². The van der Waals surface area contributed by atoms with Crippen LogP contribution in [0.4, 0.5) is 0 Å². The van der Waals surface area contributed by atoms with Crippen LogP contribution in [0.3, 0.4) is 0 Å². The number of rotatable bonds is 3. The Kier molecular flexibility index (Phi) is 2.98. The van der Waals surface area contributed by atoms with Gasteiger partial charge < -0.3 is 4.79 Å². The van der Waals surface area contributed by atoms with Crippen molar-refractivity contribution < 1.29 is 4.79 Å². The van der Waals surface area contributed by atoms with Crippen LogP contribution < -0.4 is 0 Å². The highest BCUT2D eigenvalue weighted by Gasteiger charge is 2.40. The monoisotopic (exact) mass is 229 g/mol. The minimum Gasteiger partial charge on any atom is -0.303 e. The lowest BCUT2D eigenvalue weighted by Gasteiger charge is -2.37. The van der Waals surface area contributed by atoms with E-state index in [0.29, 0.717) is 18.0 Å². The Hall–Kier alpha value is -1.15. The van der Waals surface area contributed by atoms with Gasteiger partial charge in [-0.15, -0.1) is 0 Å². The zero-order chi connectivity index (χ0) is 11.7. The van der Waals surface area contributed by atoms with E-state index in [-0.39, 0.29) is 0 Å². The second-order valence-corrected chi connectivity index (χ2v) is 5.41. The van der Waals surface area contributed by atoms with E-state index in [4.69, 9.17) is 0 Å². The SMILES string of the molecule is O=CC1CC2CCC(C1)N2Cc1ccccc1. The average molecular weight is 229 g/mol. The number of aldehydes is 1. The molecule has 2 aliphatic rings. The van der Waals surface area contributed by atoms with Crippen LogP contribution in [0.25, 0.3) is 0 Å². The Balaban J connectivity index is 1.71. The molecule has 2 unspecified atom stereocenters. The molecule has 1 aromatic carbocycles. The zero-order valence-corrected chi connectivity index (χ0v) is 10.1. The van der Waals surface area contributed by atoms with Gasteiger partial charge in [-0.25, -0.2) is 0 Å². The number of piperidine rings is 1. The average Bonchev–Trinajstić information content (AvgIpc) is 2.63. The predicted octanol–water partition coefficient (Wildman–Crippen LogP) is 2.63. The van der Waals surface area contributed by atoms with Gasteiger partial charge in [-0.3, -0.25) is 4.90 Å². The number of hydrogen-bond acceptors (Lipinski definition) is 2. The van der Waals surface area contributed by atoms with Gasteiger partial charge in [-0.2, -0.15) is 0 Å². The van der Waals surface area contributed by atoms with Crippen molar-refractivity contribution in [2.75, 3.05) is 0 Å². The van der Waals surface area contributed by atoms with E-state index in [1.807, 2.05) is 0 Å². The van der Waals surface area contributed by atoms with Gasteiger partial charge >= 0.3 is 0 Å². The molecule has 2 atom stereocenters. The molecule has 2 saturated heterocycles. The van der Waals surface area contributed by atoms with Gasteiger partial charge in [-0.05, 0) is 31.2 Å². The number of fused-ring (bicyclic) bond motifs is 2. The quantitative estimate of drug-likeness (QED) is 0.743. The molecular weight excluding hydrogens is 210 g/mol. The van der Waals surface area contributed by atoms with Gasteiger partial charge in [0.25, 0.3) is 0 Å². The van der Waals surface area contributed by atoms with Crippen LogP contribution in [0.1, 0.15) is 31.2 Å². The molecule has 2 heteroatoms. The molecule has 0 spiro atoms. The Morgan fingerprint density at radius 1 is 1.12 bits per heavy atom. The molecule has 0 saturated carbocycles. The van der Waals surface area contributed by atoms with E-state index < -0.39 is 0 Å². The van der Waals surface area contributed by atoms with Gasteiger partial charge in [-0.1, -0.05) is 30.3 Å². The van der Waals surface area contributed by atoms with Gasteiger partial charge in [0, 0.05) is 24.5 Å². The smallest absolute Gasteiger partial charge is 0.123 e. The zero-order valence-electron chi connectivity index (χ0n) is 10.1. The van der Waals surface area contributed by atoms with Crippen molar-refractivity contribution >= 4 is 6.29 Å². The van der Waals surface area contributed by atoms with Crippen LogP contribution in [0.2, 0.25) is 0 Å². The summed E-state index contributed by atoms with van der Waals surface area (Å²) in [6.45, 7) is 1.06. The molecule has 2 heterocycles. The standard InChI is InChI=1S/C15H19NO/c17-11-13-8-14-6-7-15(9-13)16(14)10-12-4-2-1-3-5-12/h1-5,11,13-15H,6-10H2. The van der Waals surface area contributed by atoms with Crippen molar-refractivity contribution in [3.8, 4) is 0 Å². The number of benzene rings is 1. The van der Waals surface area contributed by atoms with Crippen molar-refractivity contribution in [1.82, 2.24) is 4.90 Å². The number of carbonyl (C=O) groups excluding carboxylic acids is 1. The highest BCUT2D eigenvalue weighted by molar-refractivity contribution is 5.54. The molecule has 2 aliphatic heterocycles. The fourth-order valence-corrected chi connectivity index (χ4v) is 3.48. The Morgan fingerprint density at radius 3 is 2.35 bits per heavy atom. The van der Waals surface area contributed by atoms with Crippen LogP contribution >= 0.6 is 0 Å². The third-order valence-electron chi connectivity index (χ3n) is 4.32. The van der Waals surface area contributed by atoms with E-state index in [0.717, 1.165) is 19.4 Å².